The predicted octanol–water partition coefficient (Wildman–Crippen LogP) is 2.19. The molecule has 26 heavy (non-hydrogen) atoms. The van der Waals surface area contributed by atoms with E-state index >= 15 is 0 Å². The van der Waals surface area contributed by atoms with Gasteiger partial charge < -0.3 is 19.9 Å². The standard InChI is InChI=1S/C19H21FN4O2/c20-16-13-21-6-4-17(16)23-7-9-24(10-8-23)19(25)22-12-14-2-1-3-18-15(14)5-11-26-18/h1-4,6,13H,5,7-12H2,(H,22,25). The number of aromatic nitrogens is 1. The number of carbonyl (C=O) groups is 1. The molecule has 0 saturated carbocycles. The van der Waals surface area contributed by atoms with Gasteiger partial charge >= 0.3 is 6.03 Å². The summed E-state index contributed by atoms with van der Waals surface area (Å²) >= 11 is 0. The molecule has 0 atom stereocenters. The molecule has 1 aromatic carbocycles. The van der Waals surface area contributed by atoms with Gasteiger partial charge in [-0.2, -0.15) is 0 Å². The Labute approximate surface area is 151 Å². The minimum Gasteiger partial charge on any atom is -0.493 e. The number of rotatable bonds is 3. The lowest BCUT2D eigenvalue weighted by Gasteiger charge is -2.36. The van der Waals surface area contributed by atoms with Crippen molar-refractivity contribution in [2.45, 2.75) is 13.0 Å². The maximum absolute atomic E-state index is 13.8. The third-order valence-corrected chi connectivity index (χ3v) is 4.93. The van der Waals surface area contributed by atoms with E-state index in [0.29, 0.717) is 45.0 Å². The van der Waals surface area contributed by atoms with Gasteiger partial charge in [0.05, 0.1) is 18.5 Å². The molecule has 0 unspecified atom stereocenters. The lowest BCUT2D eigenvalue weighted by Crippen LogP contribution is -2.51. The molecule has 2 aromatic rings. The van der Waals surface area contributed by atoms with Crippen LogP contribution < -0.4 is 15.0 Å². The molecule has 1 aromatic heterocycles. The third-order valence-electron chi connectivity index (χ3n) is 4.93. The number of ether oxygens (including phenoxy) is 1. The molecule has 1 N–H and O–H groups in total. The molecule has 1 fully saturated rings. The lowest BCUT2D eigenvalue weighted by molar-refractivity contribution is 0.194. The van der Waals surface area contributed by atoms with Crippen LogP contribution in [0.1, 0.15) is 11.1 Å². The molecule has 1 saturated heterocycles. The van der Waals surface area contributed by atoms with Crippen LogP contribution in [0.5, 0.6) is 5.75 Å². The monoisotopic (exact) mass is 356 g/mol. The van der Waals surface area contributed by atoms with Crippen LogP contribution in [0.3, 0.4) is 0 Å². The molecule has 0 spiro atoms. The number of piperazine rings is 1. The quantitative estimate of drug-likeness (QED) is 0.916. The number of hydrogen-bond donors (Lipinski definition) is 1. The fourth-order valence-corrected chi connectivity index (χ4v) is 3.52. The molecule has 2 amide bonds. The largest absolute Gasteiger partial charge is 0.493 e. The summed E-state index contributed by atoms with van der Waals surface area (Å²) in [6.07, 6.45) is 3.69. The summed E-state index contributed by atoms with van der Waals surface area (Å²) in [5, 5.41) is 2.99. The van der Waals surface area contributed by atoms with Gasteiger partial charge in [0.25, 0.3) is 0 Å². The summed E-state index contributed by atoms with van der Waals surface area (Å²) in [4.78, 5) is 20.0. The Morgan fingerprint density at radius 2 is 2.08 bits per heavy atom. The van der Waals surface area contributed by atoms with Gasteiger partial charge in [-0.05, 0) is 17.7 Å². The maximum Gasteiger partial charge on any atom is 0.317 e. The Morgan fingerprint density at radius 1 is 1.23 bits per heavy atom. The van der Waals surface area contributed by atoms with E-state index < -0.39 is 0 Å². The zero-order valence-corrected chi connectivity index (χ0v) is 14.4. The molecular formula is C19H21FN4O2. The van der Waals surface area contributed by atoms with E-state index in [1.807, 2.05) is 23.1 Å². The highest BCUT2D eigenvalue weighted by Gasteiger charge is 2.23. The molecule has 0 aliphatic carbocycles. The van der Waals surface area contributed by atoms with Crippen molar-refractivity contribution in [1.29, 1.82) is 0 Å². The molecule has 6 nitrogen and oxygen atoms in total. The van der Waals surface area contributed by atoms with Gasteiger partial charge in [0.15, 0.2) is 5.82 Å². The van der Waals surface area contributed by atoms with Crippen molar-refractivity contribution in [3.8, 4) is 5.75 Å². The first-order valence-electron chi connectivity index (χ1n) is 8.83. The molecular weight excluding hydrogens is 335 g/mol. The summed E-state index contributed by atoms with van der Waals surface area (Å²) in [6.45, 7) is 3.51. The number of pyridine rings is 1. The smallest absolute Gasteiger partial charge is 0.317 e. The van der Waals surface area contributed by atoms with Crippen LogP contribution in [-0.2, 0) is 13.0 Å². The van der Waals surface area contributed by atoms with E-state index in [0.717, 1.165) is 17.7 Å². The van der Waals surface area contributed by atoms with Crippen LogP contribution in [0.25, 0.3) is 0 Å². The highest BCUT2D eigenvalue weighted by atomic mass is 19.1. The van der Waals surface area contributed by atoms with Gasteiger partial charge in [0, 0.05) is 50.9 Å². The number of fused-ring (bicyclic) bond motifs is 1. The Bertz CT molecular complexity index is 806. The number of hydrogen-bond acceptors (Lipinski definition) is 4. The molecule has 0 bridgehead atoms. The first kappa shape index (κ1) is 16.6. The van der Waals surface area contributed by atoms with Crippen molar-refractivity contribution >= 4 is 11.7 Å². The van der Waals surface area contributed by atoms with E-state index in [-0.39, 0.29) is 11.8 Å². The average Bonchev–Trinajstić information content (AvgIpc) is 3.16. The Kier molecular flexibility index (Phi) is 4.60. The zero-order chi connectivity index (χ0) is 17.9. The highest BCUT2D eigenvalue weighted by molar-refractivity contribution is 5.74. The fraction of sp³-hybridized carbons (Fsp3) is 0.368. The van der Waals surface area contributed by atoms with Crippen LogP contribution in [0.2, 0.25) is 0 Å². The van der Waals surface area contributed by atoms with Crippen molar-refractivity contribution < 1.29 is 13.9 Å². The number of anilines is 1. The van der Waals surface area contributed by atoms with E-state index in [9.17, 15) is 9.18 Å². The summed E-state index contributed by atoms with van der Waals surface area (Å²) in [6, 6.07) is 7.52. The van der Waals surface area contributed by atoms with E-state index in [4.69, 9.17) is 4.74 Å². The normalized spacial score (nSPS) is 16.2. The van der Waals surface area contributed by atoms with Gasteiger partial charge in [-0.25, -0.2) is 9.18 Å². The Morgan fingerprint density at radius 3 is 2.88 bits per heavy atom. The molecule has 7 heteroatoms. The van der Waals surface area contributed by atoms with Crippen LogP contribution in [0.4, 0.5) is 14.9 Å². The second kappa shape index (κ2) is 7.19. The lowest BCUT2D eigenvalue weighted by atomic mass is 10.1. The topological polar surface area (TPSA) is 57.7 Å². The number of nitrogens with one attached hydrogen (secondary N) is 1. The van der Waals surface area contributed by atoms with Crippen molar-refractivity contribution in [3.05, 3.63) is 53.6 Å². The van der Waals surface area contributed by atoms with Crippen LogP contribution in [0.15, 0.2) is 36.7 Å². The molecule has 2 aliphatic heterocycles. The first-order valence-corrected chi connectivity index (χ1v) is 8.83. The zero-order valence-electron chi connectivity index (χ0n) is 14.4. The first-order chi connectivity index (χ1) is 12.7. The Hall–Kier alpha value is -2.83. The molecule has 0 radical (unpaired) electrons. The minimum atomic E-state index is -0.328. The number of halogens is 1. The van der Waals surface area contributed by atoms with Crippen molar-refractivity contribution in [2.24, 2.45) is 0 Å². The Balaban J connectivity index is 1.32. The summed E-state index contributed by atoms with van der Waals surface area (Å²) < 4.78 is 19.4. The molecule has 136 valence electrons. The highest BCUT2D eigenvalue weighted by Crippen LogP contribution is 2.28. The van der Waals surface area contributed by atoms with Gasteiger partial charge in [-0.15, -0.1) is 0 Å². The SMILES string of the molecule is O=C(NCc1cccc2c1CCO2)N1CCN(c2ccncc2F)CC1. The van der Waals surface area contributed by atoms with Crippen LogP contribution >= 0.6 is 0 Å². The van der Waals surface area contributed by atoms with E-state index in [1.165, 1.54) is 11.8 Å². The average molecular weight is 356 g/mol. The van der Waals surface area contributed by atoms with Crippen molar-refractivity contribution in [3.63, 3.8) is 0 Å². The summed E-state index contributed by atoms with van der Waals surface area (Å²) in [5.74, 6) is 0.593. The summed E-state index contributed by atoms with van der Waals surface area (Å²) in [5.41, 5.74) is 2.83. The van der Waals surface area contributed by atoms with Crippen LogP contribution in [-0.4, -0.2) is 48.7 Å². The number of carbonyl (C=O) groups excluding carboxylic acids is 1. The predicted molar refractivity (Wildman–Crippen MR) is 95.9 cm³/mol. The summed E-state index contributed by atoms with van der Waals surface area (Å²) in [7, 11) is 0. The van der Waals surface area contributed by atoms with Gasteiger partial charge in [0.1, 0.15) is 5.75 Å². The third kappa shape index (κ3) is 3.29. The van der Waals surface area contributed by atoms with Gasteiger partial charge in [-0.3, -0.25) is 4.98 Å². The number of nitrogens with zero attached hydrogens (tertiary/aromatic N) is 3. The van der Waals surface area contributed by atoms with Crippen LogP contribution in [0, 0.1) is 5.82 Å². The second-order valence-electron chi connectivity index (χ2n) is 6.45. The van der Waals surface area contributed by atoms with Gasteiger partial charge in [-0.1, -0.05) is 12.1 Å². The van der Waals surface area contributed by atoms with E-state index in [1.54, 1.807) is 17.2 Å². The molecule has 4 rings (SSSR count). The number of amides is 2. The molecule has 3 heterocycles. The minimum absolute atomic E-state index is 0.0867. The van der Waals surface area contributed by atoms with Gasteiger partial charge in [0.2, 0.25) is 0 Å². The fourth-order valence-electron chi connectivity index (χ4n) is 3.52. The number of urea groups is 1. The number of benzene rings is 1. The van der Waals surface area contributed by atoms with Crippen molar-refractivity contribution in [2.75, 3.05) is 37.7 Å². The van der Waals surface area contributed by atoms with Crippen molar-refractivity contribution in [1.82, 2.24) is 15.2 Å². The molecule has 2 aliphatic rings. The maximum atomic E-state index is 13.8. The van der Waals surface area contributed by atoms with E-state index in [2.05, 4.69) is 10.3 Å². The second-order valence-corrected chi connectivity index (χ2v) is 6.45.